The minimum Gasteiger partial charge on any atom is -0.486 e. The molecule has 1 amide bonds. The lowest BCUT2D eigenvalue weighted by molar-refractivity contribution is -0.115. The van der Waals surface area contributed by atoms with Gasteiger partial charge in [-0.15, -0.1) is 0 Å². The Kier molecular flexibility index (Phi) is 6.77. The molecule has 0 spiro atoms. The molecule has 0 aliphatic carbocycles. The fraction of sp³-hybridized carbons (Fsp3) is 0.136. The van der Waals surface area contributed by atoms with Gasteiger partial charge in [0.1, 0.15) is 24.7 Å². The second-order valence-corrected chi connectivity index (χ2v) is 8.09. The molecule has 0 atom stereocenters. The number of fused-ring (bicyclic) bond motifs is 1. The van der Waals surface area contributed by atoms with Crippen LogP contribution in [0.25, 0.3) is 0 Å². The molecule has 2 N–H and O–H groups in total. The molecule has 4 rings (SSSR count). The van der Waals surface area contributed by atoms with Crippen molar-refractivity contribution < 1.29 is 23.6 Å². The standard InChI is InChI=1S/C22H17Cl2NO5S/c23-14-2-1-3-16(10-14)30-18-5-4-15(11-21(18)31-27)25-22(26)9-13-8-19-20(12-17(13)24)29-7-6-28-19/h1-5,8,10-12,27H,6-7,9H2,(H,25,26). The molecule has 0 radical (unpaired) electrons. The monoisotopic (exact) mass is 477 g/mol. The van der Waals surface area contributed by atoms with Crippen molar-refractivity contribution in [3.05, 3.63) is 70.2 Å². The van der Waals surface area contributed by atoms with E-state index in [1.807, 2.05) is 0 Å². The molecule has 6 nitrogen and oxygen atoms in total. The molecular weight excluding hydrogens is 461 g/mol. The summed E-state index contributed by atoms with van der Waals surface area (Å²) in [6.45, 7) is 0.914. The van der Waals surface area contributed by atoms with Crippen LogP contribution in [0.5, 0.6) is 23.0 Å². The minimum absolute atomic E-state index is 0.0534. The molecule has 0 aromatic heterocycles. The maximum Gasteiger partial charge on any atom is 0.228 e. The van der Waals surface area contributed by atoms with Gasteiger partial charge in [0.15, 0.2) is 11.5 Å². The predicted octanol–water partition coefficient (Wildman–Crippen LogP) is 6.30. The lowest BCUT2D eigenvalue weighted by Gasteiger charge is -2.19. The Morgan fingerprint density at radius 1 is 1.06 bits per heavy atom. The summed E-state index contributed by atoms with van der Waals surface area (Å²) >= 11 is 12.8. The number of hydrogen-bond acceptors (Lipinski definition) is 6. The topological polar surface area (TPSA) is 77.0 Å². The molecule has 31 heavy (non-hydrogen) atoms. The number of anilines is 1. The molecule has 0 saturated heterocycles. The highest BCUT2D eigenvalue weighted by atomic mass is 35.5. The van der Waals surface area contributed by atoms with E-state index >= 15 is 0 Å². The molecule has 3 aromatic carbocycles. The van der Waals surface area contributed by atoms with Crippen LogP contribution in [0.1, 0.15) is 5.56 Å². The quantitative estimate of drug-likeness (QED) is 0.405. The highest BCUT2D eigenvalue weighted by Gasteiger charge is 2.17. The van der Waals surface area contributed by atoms with Gasteiger partial charge in [0.2, 0.25) is 5.91 Å². The van der Waals surface area contributed by atoms with Gasteiger partial charge < -0.3 is 24.1 Å². The molecule has 0 unspecified atom stereocenters. The van der Waals surface area contributed by atoms with E-state index in [0.29, 0.717) is 74.4 Å². The van der Waals surface area contributed by atoms with Crippen molar-refractivity contribution in [2.75, 3.05) is 18.5 Å². The van der Waals surface area contributed by atoms with Crippen LogP contribution in [-0.2, 0) is 11.2 Å². The van der Waals surface area contributed by atoms with Crippen LogP contribution in [0.2, 0.25) is 10.0 Å². The van der Waals surface area contributed by atoms with Crippen LogP contribution in [0.15, 0.2) is 59.5 Å². The van der Waals surface area contributed by atoms with Crippen molar-refractivity contribution in [2.24, 2.45) is 0 Å². The SMILES string of the molecule is O=C(Cc1cc2c(cc1Cl)OCCO2)Nc1ccc(Oc2cccc(Cl)c2)c(SO)c1. The molecule has 1 aliphatic rings. The average Bonchev–Trinajstić information content (AvgIpc) is 2.75. The highest BCUT2D eigenvalue weighted by molar-refractivity contribution is 7.93. The molecular formula is C22H17Cl2NO5S. The van der Waals surface area contributed by atoms with E-state index in [1.165, 1.54) is 0 Å². The van der Waals surface area contributed by atoms with Crippen molar-refractivity contribution in [1.82, 2.24) is 0 Å². The second-order valence-electron chi connectivity index (χ2n) is 6.62. The summed E-state index contributed by atoms with van der Waals surface area (Å²) in [5.41, 5.74) is 1.13. The number of benzene rings is 3. The van der Waals surface area contributed by atoms with Gasteiger partial charge in [0.05, 0.1) is 11.3 Å². The van der Waals surface area contributed by atoms with E-state index in [-0.39, 0.29) is 12.3 Å². The molecule has 3 aromatic rings. The average molecular weight is 478 g/mol. The van der Waals surface area contributed by atoms with Gasteiger partial charge in [-0.1, -0.05) is 29.3 Å². The molecule has 0 bridgehead atoms. The number of ether oxygens (including phenoxy) is 3. The number of hydrogen-bond donors (Lipinski definition) is 2. The summed E-state index contributed by atoms with van der Waals surface area (Å²) in [7, 11) is 0. The van der Waals surface area contributed by atoms with Gasteiger partial charge in [-0.2, -0.15) is 0 Å². The van der Waals surface area contributed by atoms with E-state index in [9.17, 15) is 9.35 Å². The first-order valence-electron chi connectivity index (χ1n) is 9.28. The normalized spacial score (nSPS) is 12.4. The Labute approximate surface area is 193 Å². The number of carbonyl (C=O) groups excluding carboxylic acids is 1. The summed E-state index contributed by atoms with van der Waals surface area (Å²) in [4.78, 5) is 13.0. The van der Waals surface area contributed by atoms with Crippen LogP contribution < -0.4 is 19.5 Å². The summed E-state index contributed by atoms with van der Waals surface area (Å²) in [5.74, 6) is 1.84. The summed E-state index contributed by atoms with van der Waals surface area (Å²) < 4.78 is 26.5. The largest absolute Gasteiger partial charge is 0.486 e. The van der Waals surface area contributed by atoms with Gasteiger partial charge in [-0.3, -0.25) is 4.79 Å². The van der Waals surface area contributed by atoms with E-state index in [0.717, 1.165) is 0 Å². The van der Waals surface area contributed by atoms with E-state index in [4.69, 9.17) is 37.4 Å². The van der Waals surface area contributed by atoms with Crippen molar-refractivity contribution in [3.63, 3.8) is 0 Å². The van der Waals surface area contributed by atoms with E-state index in [2.05, 4.69) is 5.32 Å². The molecule has 1 heterocycles. The van der Waals surface area contributed by atoms with Crippen LogP contribution in [0.4, 0.5) is 5.69 Å². The zero-order chi connectivity index (χ0) is 21.8. The zero-order valence-corrected chi connectivity index (χ0v) is 18.4. The van der Waals surface area contributed by atoms with Crippen LogP contribution >= 0.6 is 35.2 Å². The summed E-state index contributed by atoms with van der Waals surface area (Å²) in [6, 6.07) is 15.3. The predicted molar refractivity (Wildman–Crippen MR) is 121 cm³/mol. The van der Waals surface area contributed by atoms with Gasteiger partial charge >= 0.3 is 0 Å². The number of nitrogens with one attached hydrogen (secondary N) is 1. The minimum atomic E-state index is -0.268. The number of amides is 1. The number of halogens is 2. The van der Waals surface area contributed by atoms with Gasteiger partial charge in [-0.05, 0) is 48.0 Å². The van der Waals surface area contributed by atoms with Gasteiger partial charge in [0.25, 0.3) is 0 Å². The third kappa shape index (κ3) is 5.37. The molecule has 1 aliphatic heterocycles. The Bertz CT molecular complexity index is 1130. The van der Waals surface area contributed by atoms with Crippen molar-refractivity contribution in [1.29, 1.82) is 0 Å². The second kappa shape index (κ2) is 9.70. The Morgan fingerprint density at radius 3 is 2.58 bits per heavy atom. The van der Waals surface area contributed by atoms with Crippen LogP contribution in [0.3, 0.4) is 0 Å². The third-order valence-electron chi connectivity index (χ3n) is 4.41. The van der Waals surface area contributed by atoms with Gasteiger partial charge in [0, 0.05) is 33.8 Å². The van der Waals surface area contributed by atoms with Crippen molar-refractivity contribution >= 4 is 46.8 Å². The van der Waals surface area contributed by atoms with E-state index in [1.54, 1.807) is 54.6 Å². The van der Waals surface area contributed by atoms with Gasteiger partial charge in [-0.25, -0.2) is 0 Å². The fourth-order valence-electron chi connectivity index (χ4n) is 3.02. The smallest absolute Gasteiger partial charge is 0.228 e. The highest BCUT2D eigenvalue weighted by Crippen LogP contribution is 2.36. The summed E-state index contributed by atoms with van der Waals surface area (Å²) in [6.07, 6.45) is 0.0534. The lowest BCUT2D eigenvalue weighted by Crippen LogP contribution is -2.17. The Hall–Kier alpha value is -2.58. The molecule has 0 saturated carbocycles. The maximum absolute atomic E-state index is 12.6. The zero-order valence-electron chi connectivity index (χ0n) is 16.1. The third-order valence-corrected chi connectivity index (χ3v) is 5.51. The van der Waals surface area contributed by atoms with E-state index < -0.39 is 0 Å². The Morgan fingerprint density at radius 2 is 1.84 bits per heavy atom. The molecule has 0 fully saturated rings. The molecule has 9 heteroatoms. The fourth-order valence-corrected chi connectivity index (χ4v) is 3.80. The molecule has 160 valence electrons. The number of carbonyl (C=O) groups is 1. The first-order valence-corrected chi connectivity index (χ1v) is 10.8. The Balaban J connectivity index is 1.46. The lowest BCUT2D eigenvalue weighted by atomic mass is 10.1. The van der Waals surface area contributed by atoms with Crippen LogP contribution in [0, 0.1) is 0 Å². The van der Waals surface area contributed by atoms with Crippen molar-refractivity contribution in [2.45, 2.75) is 11.3 Å². The van der Waals surface area contributed by atoms with Crippen LogP contribution in [-0.4, -0.2) is 23.7 Å². The number of rotatable bonds is 6. The summed E-state index contributed by atoms with van der Waals surface area (Å²) in [5, 5.41) is 3.77. The maximum atomic E-state index is 12.6. The first-order chi connectivity index (χ1) is 15.0. The first kappa shape index (κ1) is 21.6. The van der Waals surface area contributed by atoms with Crippen molar-refractivity contribution in [3.8, 4) is 23.0 Å².